The smallest absolute Gasteiger partial charge is 0.307 e. The number of ether oxygens (including phenoxy) is 1. The van der Waals surface area contributed by atoms with Gasteiger partial charge in [-0.15, -0.1) is 0 Å². The SMILES string of the molecule is COC(=O)CC(CC1C=CNC2C=CC/C=C\C1=C2)NC(C)O. The second kappa shape index (κ2) is 8.70. The molecular formula is C18H26N2O3. The molecule has 0 radical (unpaired) electrons. The topological polar surface area (TPSA) is 70.6 Å². The number of fused-ring (bicyclic) bond motifs is 1. The summed E-state index contributed by atoms with van der Waals surface area (Å²) in [5.41, 5.74) is 1.22. The van der Waals surface area contributed by atoms with Gasteiger partial charge in [0.1, 0.15) is 6.23 Å². The second-order valence-electron chi connectivity index (χ2n) is 5.95. The van der Waals surface area contributed by atoms with E-state index < -0.39 is 6.23 Å². The van der Waals surface area contributed by atoms with Crippen molar-refractivity contribution in [2.75, 3.05) is 7.11 Å². The lowest BCUT2D eigenvalue weighted by Gasteiger charge is -2.24. The van der Waals surface area contributed by atoms with Gasteiger partial charge in [0.25, 0.3) is 0 Å². The lowest BCUT2D eigenvalue weighted by molar-refractivity contribution is -0.141. The molecular weight excluding hydrogens is 292 g/mol. The summed E-state index contributed by atoms with van der Waals surface area (Å²) in [6.45, 7) is 1.66. The third-order valence-corrected chi connectivity index (χ3v) is 4.00. The van der Waals surface area contributed by atoms with Crippen LogP contribution in [0.1, 0.15) is 26.2 Å². The molecule has 2 bridgehead atoms. The van der Waals surface area contributed by atoms with Crippen molar-refractivity contribution in [3.05, 3.63) is 48.2 Å². The minimum absolute atomic E-state index is 0.149. The van der Waals surface area contributed by atoms with E-state index in [0.29, 0.717) is 6.42 Å². The van der Waals surface area contributed by atoms with Crippen LogP contribution in [0.25, 0.3) is 0 Å². The third kappa shape index (κ3) is 5.69. The molecule has 0 amide bonds. The van der Waals surface area contributed by atoms with E-state index in [4.69, 9.17) is 4.74 Å². The molecule has 126 valence electrons. The van der Waals surface area contributed by atoms with Crippen LogP contribution in [0.3, 0.4) is 0 Å². The van der Waals surface area contributed by atoms with E-state index in [2.05, 4.69) is 47.1 Å². The Bertz CT molecular complexity index is 520. The Hall–Kier alpha value is -1.85. The van der Waals surface area contributed by atoms with E-state index in [9.17, 15) is 9.90 Å². The number of carbonyl (C=O) groups excluding carboxylic acids is 1. The van der Waals surface area contributed by atoms with Gasteiger partial charge < -0.3 is 15.2 Å². The fourth-order valence-corrected chi connectivity index (χ4v) is 2.93. The van der Waals surface area contributed by atoms with Crippen molar-refractivity contribution in [1.82, 2.24) is 10.6 Å². The van der Waals surface area contributed by atoms with E-state index in [1.807, 2.05) is 6.20 Å². The van der Waals surface area contributed by atoms with Crippen LogP contribution in [0.5, 0.6) is 0 Å². The molecule has 0 saturated carbocycles. The number of aliphatic hydroxyl groups excluding tert-OH is 1. The summed E-state index contributed by atoms with van der Waals surface area (Å²) < 4.78 is 4.77. The van der Waals surface area contributed by atoms with E-state index in [1.165, 1.54) is 12.7 Å². The Morgan fingerprint density at radius 2 is 2.30 bits per heavy atom. The van der Waals surface area contributed by atoms with Gasteiger partial charge >= 0.3 is 5.97 Å². The molecule has 3 N–H and O–H groups in total. The van der Waals surface area contributed by atoms with Crippen molar-refractivity contribution in [2.45, 2.75) is 44.5 Å². The molecule has 23 heavy (non-hydrogen) atoms. The minimum atomic E-state index is -0.671. The van der Waals surface area contributed by atoms with Gasteiger partial charge in [-0.1, -0.05) is 36.5 Å². The molecule has 0 fully saturated rings. The Morgan fingerprint density at radius 1 is 1.48 bits per heavy atom. The number of methoxy groups -OCH3 is 1. The standard InChI is InChI=1S/C18H26N2O3/c1-13(21)20-17(12-18(22)23-2)11-15-8-9-19-16-7-5-3-4-6-14(15)10-16/h4-10,13,15-17,19-21H,3,11-12H2,1-2H3/b6-4-,7-5?. The average molecular weight is 318 g/mol. The fraction of sp³-hybridized carbons (Fsp3) is 0.500. The summed E-state index contributed by atoms with van der Waals surface area (Å²) in [5.74, 6) is -0.0990. The lowest BCUT2D eigenvalue weighted by Crippen LogP contribution is -2.39. The molecule has 0 aromatic rings. The van der Waals surface area contributed by atoms with E-state index >= 15 is 0 Å². The van der Waals surface area contributed by atoms with Gasteiger partial charge in [-0.25, -0.2) is 0 Å². The van der Waals surface area contributed by atoms with Crippen molar-refractivity contribution in [2.24, 2.45) is 5.92 Å². The third-order valence-electron chi connectivity index (χ3n) is 4.00. The Morgan fingerprint density at radius 3 is 3.04 bits per heavy atom. The van der Waals surface area contributed by atoms with Crippen LogP contribution in [0, 0.1) is 5.92 Å². The van der Waals surface area contributed by atoms with Gasteiger partial charge in [-0.3, -0.25) is 10.1 Å². The van der Waals surface area contributed by atoms with Crippen molar-refractivity contribution in [1.29, 1.82) is 0 Å². The van der Waals surface area contributed by atoms with Gasteiger partial charge in [-0.2, -0.15) is 0 Å². The molecule has 1 heterocycles. The Labute approximate surface area is 137 Å². The van der Waals surface area contributed by atoms with Crippen LogP contribution >= 0.6 is 0 Å². The molecule has 2 rings (SSSR count). The molecule has 2 aliphatic rings. The summed E-state index contributed by atoms with van der Waals surface area (Å²) in [6.07, 6.45) is 16.1. The molecule has 0 aromatic heterocycles. The zero-order chi connectivity index (χ0) is 16.7. The molecule has 4 unspecified atom stereocenters. The van der Waals surface area contributed by atoms with Crippen LogP contribution in [0.15, 0.2) is 48.2 Å². The van der Waals surface area contributed by atoms with Crippen LogP contribution in [-0.4, -0.2) is 36.5 Å². The number of esters is 1. The summed E-state index contributed by atoms with van der Waals surface area (Å²) in [4.78, 5) is 11.6. The van der Waals surface area contributed by atoms with Gasteiger partial charge in [-0.05, 0) is 31.5 Å². The predicted octanol–water partition coefficient (Wildman–Crippen LogP) is 1.78. The highest BCUT2D eigenvalue weighted by Gasteiger charge is 2.22. The number of hydrogen-bond acceptors (Lipinski definition) is 5. The highest BCUT2D eigenvalue weighted by Crippen LogP contribution is 2.25. The van der Waals surface area contributed by atoms with Crippen molar-refractivity contribution < 1.29 is 14.6 Å². The first-order chi connectivity index (χ1) is 11.1. The van der Waals surface area contributed by atoms with E-state index in [1.54, 1.807) is 6.92 Å². The Balaban J connectivity index is 2.13. The molecule has 0 spiro atoms. The maximum atomic E-state index is 11.6. The number of carbonyl (C=O) groups is 1. The summed E-state index contributed by atoms with van der Waals surface area (Å²) in [5, 5.41) is 16.0. The zero-order valence-corrected chi connectivity index (χ0v) is 13.7. The van der Waals surface area contributed by atoms with E-state index in [-0.39, 0.29) is 30.4 Å². The normalized spacial score (nSPS) is 26.8. The first-order valence-electron chi connectivity index (χ1n) is 8.07. The quantitative estimate of drug-likeness (QED) is 0.396. The first kappa shape index (κ1) is 17.5. The number of allylic oxidation sites excluding steroid dienone is 5. The monoisotopic (exact) mass is 318 g/mol. The molecule has 5 nitrogen and oxygen atoms in total. The lowest BCUT2D eigenvalue weighted by atomic mass is 9.89. The molecule has 0 aromatic carbocycles. The maximum Gasteiger partial charge on any atom is 0.307 e. The highest BCUT2D eigenvalue weighted by molar-refractivity contribution is 5.69. The minimum Gasteiger partial charge on any atom is -0.469 e. The fourth-order valence-electron chi connectivity index (χ4n) is 2.93. The predicted molar refractivity (Wildman–Crippen MR) is 90.4 cm³/mol. The van der Waals surface area contributed by atoms with Gasteiger partial charge in [0.15, 0.2) is 0 Å². The van der Waals surface area contributed by atoms with Crippen LogP contribution < -0.4 is 10.6 Å². The summed E-state index contributed by atoms with van der Waals surface area (Å²) in [7, 11) is 1.38. The number of hydrogen-bond donors (Lipinski definition) is 3. The van der Waals surface area contributed by atoms with Crippen LogP contribution in [0.2, 0.25) is 0 Å². The number of nitrogens with one attached hydrogen (secondary N) is 2. The van der Waals surface area contributed by atoms with Gasteiger partial charge in [0, 0.05) is 12.0 Å². The highest BCUT2D eigenvalue weighted by atomic mass is 16.5. The van der Waals surface area contributed by atoms with Crippen LogP contribution in [-0.2, 0) is 9.53 Å². The van der Waals surface area contributed by atoms with Crippen molar-refractivity contribution >= 4 is 5.97 Å². The summed E-state index contributed by atoms with van der Waals surface area (Å²) in [6, 6.07) is 0.0453. The van der Waals surface area contributed by atoms with Crippen molar-refractivity contribution in [3.63, 3.8) is 0 Å². The Kier molecular flexibility index (Phi) is 6.62. The number of rotatable bonds is 6. The van der Waals surface area contributed by atoms with E-state index in [0.717, 1.165) is 6.42 Å². The maximum absolute atomic E-state index is 11.6. The molecule has 5 heteroatoms. The van der Waals surface area contributed by atoms with Gasteiger partial charge in [0.05, 0.1) is 19.6 Å². The van der Waals surface area contributed by atoms with Gasteiger partial charge in [0.2, 0.25) is 0 Å². The average Bonchev–Trinajstić information content (AvgIpc) is 2.67. The second-order valence-corrected chi connectivity index (χ2v) is 5.95. The summed E-state index contributed by atoms with van der Waals surface area (Å²) >= 11 is 0. The molecule has 1 aliphatic carbocycles. The zero-order valence-electron chi connectivity index (χ0n) is 13.7. The molecule has 4 atom stereocenters. The first-order valence-corrected chi connectivity index (χ1v) is 8.07. The van der Waals surface area contributed by atoms with Crippen LogP contribution in [0.4, 0.5) is 0 Å². The van der Waals surface area contributed by atoms with Crippen molar-refractivity contribution in [3.8, 4) is 0 Å². The number of aliphatic hydroxyl groups is 1. The largest absolute Gasteiger partial charge is 0.469 e. The molecule has 0 saturated heterocycles. The molecule has 1 aliphatic heterocycles.